The molecule has 0 spiro atoms. The molecule has 1 aromatic heterocycles. The van der Waals surface area contributed by atoms with Gasteiger partial charge in [-0.25, -0.2) is 10.2 Å². The lowest BCUT2D eigenvalue weighted by atomic mass is 10.0. The van der Waals surface area contributed by atoms with Crippen molar-refractivity contribution in [3.8, 4) is 22.6 Å². The number of nitrogens with one attached hydrogen (secondary N) is 2. The second kappa shape index (κ2) is 11.7. The normalized spacial score (nSPS) is 11.1. The molecule has 9 heteroatoms. The van der Waals surface area contributed by atoms with E-state index in [2.05, 4.69) is 38.1 Å². The van der Waals surface area contributed by atoms with Gasteiger partial charge in [-0.1, -0.05) is 66.2 Å². The summed E-state index contributed by atoms with van der Waals surface area (Å²) in [6, 6.07) is 27.2. The Morgan fingerprint density at radius 2 is 1.72 bits per heavy atom. The van der Waals surface area contributed by atoms with Crippen LogP contribution in [0.2, 0.25) is 5.02 Å². The van der Waals surface area contributed by atoms with Gasteiger partial charge in [0.05, 0.1) is 29.4 Å². The molecule has 0 radical (unpaired) electrons. The fourth-order valence-corrected chi connectivity index (χ4v) is 4.95. The molecule has 2 N–H and O–H groups in total. The Kier molecular flexibility index (Phi) is 7.94. The maximum Gasteiger partial charge on any atom is 0.345 e. The Morgan fingerprint density at radius 3 is 2.49 bits per heavy atom. The molecule has 0 aliphatic carbocycles. The van der Waals surface area contributed by atoms with Crippen molar-refractivity contribution in [3.63, 3.8) is 0 Å². The summed E-state index contributed by atoms with van der Waals surface area (Å²) in [6.45, 7) is 0. The van der Waals surface area contributed by atoms with Gasteiger partial charge in [-0.3, -0.25) is 4.79 Å². The predicted molar refractivity (Wildman–Crippen MR) is 161 cm³/mol. The number of rotatable bonds is 7. The van der Waals surface area contributed by atoms with Crippen molar-refractivity contribution in [2.45, 2.75) is 0 Å². The van der Waals surface area contributed by atoms with Crippen LogP contribution in [0.3, 0.4) is 0 Å². The van der Waals surface area contributed by atoms with Crippen molar-refractivity contribution < 1.29 is 19.1 Å². The van der Waals surface area contributed by atoms with Gasteiger partial charge >= 0.3 is 5.97 Å². The summed E-state index contributed by atoms with van der Waals surface area (Å²) in [6.07, 6.45) is 1.48. The number of hydrogen-bond donors (Lipinski definition) is 2. The third-order valence-corrected chi connectivity index (χ3v) is 7.16. The van der Waals surface area contributed by atoms with Crippen LogP contribution in [0.15, 0.2) is 96.1 Å². The van der Waals surface area contributed by atoms with Crippen LogP contribution in [0.25, 0.3) is 22.0 Å². The molecule has 7 nitrogen and oxygen atoms in total. The number of hydrogen-bond acceptors (Lipinski definition) is 5. The van der Waals surface area contributed by atoms with Crippen LogP contribution in [0, 0.1) is 3.57 Å². The standard InChI is InChI=1S/C30H21ClIN3O4/c1-38-25-16-18(14-15-24(25)39-30(37)20-10-5-6-12-22(20)31)17-33-35-29(36)28-26(19-8-3-2-4-9-19)21-11-7-13-23(32)27(21)34-28/h2-17,34H,1H3,(H,35,36). The van der Waals surface area contributed by atoms with Gasteiger partial charge in [-0.15, -0.1) is 0 Å². The highest BCUT2D eigenvalue weighted by atomic mass is 127. The number of aromatic amines is 1. The third-order valence-electron chi connectivity index (χ3n) is 5.94. The van der Waals surface area contributed by atoms with E-state index in [1.165, 1.54) is 13.3 Å². The van der Waals surface area contributed by atoms with Crippen LogP contribution in [0.1, 0.15) is 26.4 Å². The van der Waals surface area contributed by atoms with Crippen molar-refractivity contribution >= 4 is 63.2 Å². The van der Waals surface area contributed by atoms with Crippen LogP contribution < -0.4 is 14.9 Å². The van der Waals surface area contributed by atoms with Crippen molar-refractivity contribution in [2.24, 2.45) is 5.10 Å². The van der Waals surface area contributed by atoms with Crippen LogP contribution >= 0.6 is 34.2 Å². The molecular formula is C30H21ClIN3O4. The number of carbonyl (C=O) groups excluding carboxylic acids is 2. The minimum absolute atomic E-state index is 0.226. The number of methoxy groups -OCH3 is 1. The first kappa shape index (κ1) is 26.5. The fraction of sp³-hybridized carbons (Fsp3) is 0.0333. The zero-order valence-corrected chi connectivity index (χ0v) is 23.5. The number of fused-ring (bicyclic) bond motifs is 1. The summed E-state index contributed by atoms with van der Waals surface area (Å²) in [4.78, 5) is 29.0. The summed E-state index contributed by atoms with van der Waals surface area (Å²) in [7, 11) is 1.47. The number of hydrazone groups is 1. The number of esters is 1. The Labute approximate surface area is 242 Å². The number of amides is 1. The van der Waals surface area contributed by atoms with Gasteiger partial charge in [0.2, 0.25) is 0 Å². The summed E-state index contributed by atoms with van der Waals surface area (Å²) in [5.74, 6) is -0.435. The number of nitrogens with zero attached hydrogens (tertiary/aromatic N) is 1. The van der Waals surface area contributed by atoms with Crippen molar-refractivity contribution in [1.29, 1.82) is 0 Å². The molecule has 0 aliphatic heterocycles. The molecule has 39 heavy (non-hydrogen) atoms. The Balaban J connectivity index is 1.36. The lowest BCUT2D eigenvalue weighted by Gasteiger charge is -2.10. The van der Waals surface area contributed by atoms with E-state index >= 15 is 0 Å². The van der Waals surface area contributed by atoms with E-state index in [0.717, 1.165) is 25.6 Å². The zero-order valence-electron chi connectivity index (χ0n) is 20.6. The number of H-pyrrole nitrogens is 1. The Hall–Kier alpha value is -4.15. The van der Waals surface area contributed by atoms with Crippen LogP contribution in [-0.4, -0.2) is 30.2 Å². The monoisotopic (exact) mass is 649 g/mol. The van der Waals surface area contributed by atoms with Crippen molar-refractivity contribution in [1.82, 2.24) is 10.4 Å². The lowest BCUT2D eigenvalue weighted by molar-refractivity contribution is 0.0729. The maximum atomic E-state index is 13.2. The molecule has 1 heterocycles. The van der Waals surface area contributed by atoms with Crippen LogP contribution in [-0.2, 0) is 0 Å². The second-order valence-corrected chi connectivity index (χ2v) is 9.95. The first-order valence-electron chi connectivity index (χ1n) is 11.8. The van der Waals surface area contributed by atoms with E-state index in [0.29, 0.717) is 22.0 Å². The summed E-state index contributed by atoms with van der Waals surface area (Å²) >= 11 is 8.35. The van der Waals surface area contributed by atoms with Gasteiger partial charge in [-0.05, 0) is 70.1 Å². The number of ether oxygens (including phenoxy) is 2. The first-order chi connectivity index (χ1) is 19.0. The number of aromatic nitrogens is 1. The maximum absolute atomic E-state index is 13.2. The second-order valence-electron chi connectivity index (χ2n) is 8.38. The van der Waals surface area contributed by atoms with Gasteiger partial charge in [0.25, 0.3) is 5.91 Å². The molecule has 194 valence electrons. The predicted octanol–water partition coefficient (Wildman–Crippen LogP) is 7.08. The third kappa shape index (κ3) is 5.67. The van der Waals surface area contributed by atoms with E-state index in [9.17, 15) is 9.59 Å². The highest BCUT2D eigenvalue weighted by molar-refractivity contribution is 14.1. The molecule has 5 rings (SSSR count). The highest BCUT2D eigenvalue weighted by Crippen LogP contribution is 2.34. The van der Waals surface area contributed by atoms with Gasteiger partial charge in [-0.2, -0.15) is 5.10 Å². The van der Waals surface area contributed by atoms with E-state index in [1.54, 1.807) is 42.5 Å². The zero-order chi connectivity index (χ0) is 27.4. The van der Waals surface area contributed by atoms with Gasteiger partial charge < -0.3 is 14.5 Å². The number of halogens is 2. The molecule has 0 aliphatic rings. The minimum atomic E-state index is -0.602. The van der Waals surface area contributed by atoms with E-state index in [-0.39, 0.29) is 17.2 Å². The largest absolute Gasteiger partial charge is 0.493 e. The number of para-hydroxylation sites is 1. The molecule has 0 unspecified atom stereocenters. The highest BCUT2D eigenvalue weighted by Gasteiger charge is 2.20. The number of carbonyl (C=O) groups is 2. The Bertz CT molecular complexity index is 1720. The molecule has 0 bridgehead atoms. The average molecular weight is 650 g/mol. The SMILES string of the molecule is COc1cc(C=NNC(=O)c2[nH]c3c(I)cccc3c2-c2ccccc2)ccc1OC(=O)c1ccccc1Cl. The fourth-order valence-electron chi connectivity index (χ4n) is 4.11. The molecule has 0 atom stereocenters. The van der Waals surface area contributed by atoms with E-state index < -0.39 is 5.97 Å². The summed E-state index contributed by atoms with van der Waals surface area (Å²) in [5.41, 5.74) is 6.51. The van der Waals surface area contributed by atoms with Crippen LogP contribution in [0.4, 0.5) is 0 Å². The molecule has 0 fully saturated rings. The van der Waals surface area contributed by atoms with E-state index in [4.69, 9.17) is 21.1 Å². The number of benzene rings is 4. The molecule has 1 amide bonds. The molecule has 0 saturated heterocycles. The first-order valence-corrected chi connectivity index (χ1v) is 13.3. The molecule has 5 aromatic rings. The van der Waals surface area contributed by atoms with Gasteiger partial charge in [0.1, 0.15) is 5.69 Å². The average Bonchev–Trinajstić information content (AvgIpc) is 3.35. The van der Waals surface area contributed by atoms with Crippen molar-refractivity contribution in [2.75, 3.05) is 7.11 Å². The molecular weight excluding hydrogens is 629 g/mol. The van der Waals surface area contributed by atoms with Crippen LogP contribution in [0.5, 0.6) is 11.5 Å². The summed E-state index contributed by atoms with van der Waals surface area (Å²) < 4.78 is 11.9. The smallest absolute Gasteiger partial charge is 0.345 e. The molecule has 4 aromatic carbocycles. The Morgan fingerprint density at radius 1 is 0.949 bits per heavy atom. The van der Waals surface area contributed by atoms with Gasteiger partial charge in [0.15, 0.2) is 11.5 Å². The van der Waals surface area contributed by atoms with Crippen molar-refractivity contribution in [3.05, 3.63) is 116 Å². The lowest BCUT2D eigenvalue weighted by Crippen LogP contribution is -2.18. The molecule has 0 saturated carbocycles. The van der Waals surface area contributed by atoms with E-state index in [1.807, 2.05) is 48.5 Å². The minimum Gasteiger partial charge on any atom is -0.493 e. The quantitative estimate of drug-likeness (QED) is 0.0648. The van der Waals surface area contributed by atoms with Gasteiger partial charge in [0, 0.05) is 14.5 Å². The topological polar surface area (TPSA) is 92.8 Å². The summed E-state index contributed by atoms with van der Waals surface area (Å²) in [5, 5.41) is 5.39.